The van der Waals surface area contributed by atoms with Crippen LogP contribution in [-0.2, 0) is 0 Å². The third-order valence-electron chi connectivity index (χ3n) is 1.25. The van der Waals surface area contributed by atoms with Crippen molar-refractivity contribution in [2.45, 2.75) is 20.8 Å². The molecule has 13 heavy (non-hydrogen) atoms. The van der Waals surface area contributed by atoms with Gasteiger partial charge in [-0.25, -0.2) is 4.98 Å². The number of nitrogens with one attached hydrogen (secondary N) is 2. The van der Waals surface area contributed by atoms with Gasteiger partial charge in [0.1, 0.15) is 5.82 Å². The van der Waals surface area contributed by atoms with Gasteiger partial charge in [0.15, 0.2) is 5.82 Å². The molecule has 5 nitrogen and oxygen atoms in total. The highest BCUT2D eigenvalue weighted by Crippen LogP contribution is 1.97. The van der Waals surface area contributed by atoms with Crippen LogP contribution in [0.4, 0.5) is 5.82 Å². The van der Waals surface area contributed by atoms with E-state index in [2.05, 4.69) is 20.5 Å². The molecule has 0 spiro atoms. The lowest BCUT2D eigenvalue weighted by Gasteiger charge is -1.99. The molecule has 0 bridgehead atoms. The zero-order valence-electron chi connectivity index (χ0n) is 7.88. The molecule has 70 valence electrons. The van der Waals surface area contributed by atoms with Gasteiger partial charge in [0.05, 0.1) is 0 Å². The molecule has 5 heteroatoms. The number of H-pyrrole nitrogens is 1. The average molecular weight is 180 g/mol. The molecule has 0 radical (unpaired) electrons. The Morgan fingerprint density at radius 3 is 2.85 bits per heavy atom. The van der Waals surface area contributed by atoms with Crippen LogP contribution in [0.5, 0.6) is 0 Å². The van der Waals surface area contributed by atoms with Crippen LogP contribution in [0.15, 0.2) is 16.0 Å². The van der Waals surface area contributed by atoms with E-state index in [1.54, 1.807) is 6.92 Å². The summed E-state index contributed by atoms with van der Waals surface area (Å²) in [6, 6.07) is 1.36. The van der Waals surface area contributed by atoms with Crippen LogP contribution in [0.3, 0.4) is 0 Å². The second-order valence-electron chi connectivity index (χ2n) is 2.89. The first-order chi connectivity index (χ1) is 6.08. The van der Waals surface area contributed by atoms with Gasteiger partial charge >= 0.3 is 0 Å². The summed E-state index contributed by atoms with van der Waals surface area (Å²) in [5, 5.41) is 3.93. The molecule has 0 unspecified atom stereocenters. The number of hydrazone groups is 1. The second kappa shape index (κ2) is 3.84. The Balaban J connectivity index is 2.90. The van der Waals surface area contributed by atoms with E-state index in [4.69, 9.17) is 0 Å². The van der Waals surface area contributed by atoms with Crippen molar-refractivity contribution in [3.63, 3.8) is 0 Å². The van der Waals surface area contributed by atoms with Crippen LogP contribution in [0.2, 0.25) is 0 Å². The zero-order valence-corrected chi connectivity index (χ0v) is 7.88. The summed E-state index contributed by atoms with van der Waals surface area (Å²) >= 11 is 0. The first-order valence-corrected chi connectivity index (χ1v) is 3.93. The van der Waals surface area contributed by atoms with Gasteiger partial charge in [-0.1, -0.05) is 0 Å². The van der Waals surface area contributed by atoms with Crippen molar-refractivity contribution < 1.29 is 0 Å². The summed E-state index contributed by atoms with van der Waals surface area (Å²) < 4.78 is 0. The van der Waals surface area contributed by atoms with E-state index in [0.717, 1.165) is 5.71 Å². The SMILES string of the molecule is CC(C)=NNc1cc(=O)[nH]c(C)n1. The Hall–Kier alpha value is -1.65. The van der Waals surface area contributed by atoms with Crippen molar-refractivity contribution in [1.82, 2.24) is 9.97 Å². The highest BCUT2D eigenvalue weighted by atomic mass is 16.1. The van der Waals surface area contributed by atoms with Crippen LogP contribution in [0.25, 0.3) is 0 Å². The predicted molar refractivity (Wildman–Crippen MR) is 52.0 cm³/mol. The molecule has 0 saturated heterocycles. The quantitative estimate of drug-likeness (QED) is 0.524. The number of hydrogen-bond acceptors (Lipinski definition) is 4. The fourth-order valence-electron chi connectivity index (χ4n) is 0.806. The predicted octanol–water partition coefficient (Wildman–Crippen LogP) is 0.886. The van der Waals surface area contributed by atoms with Crippen molar-refractivity contribution in [2.75, 3.05) is 5.43 Å². The largest absolute Gasteiger partial charge is 0.311 e. The molecule has 0 atom stereocenters. The lowest BCUT2D eigenvalue weighted by molar-refractivity contribution is 1.01. The summed E-state index contributed by atoms with van der Waals surface area (Å²) in [6.45, 7) is 5.43. The highest BCUT2D eigenvalue weighted by molar-refractivity contribution is 5.79. The average Bonchev–Trinajstić information content (AvgIpc) is 1.99. The summed E-state index contributed by atoms with van der Waals surface area (Å²) in [6.07, 6.45) is 0. The molecular formula is C8H12N4O. The number of aryl methyl sites for hydroxylation is 1. The highest BCUT2D eigenvalue weighted by Gasteiger charge is 1.94. The molecule has 0 aliphatic heterocycles. The molecule has 1 aromatic heterocycles. The number of hydrogen-bond donors (Lipinski definition) is 2. The third kappa shape index (κ3) is 3.06. The maximum absolute atomic E-state index is 11.0. The monoisotopic (exact) mass is 180 g/mol. The van der Waals surface area contributed by atoms with Crippen LogP contribution < -0.4 is 11.0 Å². The lowest BCUT2D eigenvalue weighted by atomic mass is 10.5. The topological polar surface area (TPSA) is 70.1 Å². The zero-order chi connectivity index (χ0) is 9.84. The van der Waals surface area contributed by atoms with Crippen LogP contribution in [-0.4, -0.2) is 15.7 Å². The maximum Gasteiger partial charge on any atom is 0.253 e. The minimum absolute atomic E-state index is 0.182. The Labute approximate surface area is 75.9 Å². The van der Waals surface area contributed by atoms with E-state index in [-0.39, 0.29) is 5.56 Å². The molecule has 0 fully saturated rings. The molecule has 1 rings (SSSR count). The number of nitrogens with zero attached hydrogens (tertiary/aromatic N) is 2. The van der Waals surface area contributed by atoms with Gasteiger partial charge in [-0.3, -0.25) is 10.2 Å². The van der Waals surface area contributed by atoms with E-state index in [1.807, 2.05) is 13.8 Å². The second-order valence-corrected chi connectivity index (χ2v) is 2.89. The van der Waals surface area contributed by atoms with Gasteiger partial charge in [0.2, 0.25) is 0 Å². The molecule has 0 aliphatic carbocycles. The van der Waals surface area contributed by atoms with Gasteiger partial charge in [-0.2, -0.15) is 5.10 Å². The van der Waals surface area contributed by atoms with Crippen LogP contribution in [0.1, 0.15) is 19.7 Å². The number of aromatic nitrogens is 2. The summed E-state index contributed by atoms with van der Waals surface area (Å²) in [5.41, 5.74) is 3.38. The molecule has 0 aromatic carbocycles. The van der Waals surface area contributed by atoms with Crippen LogP contribution in [0, 0.1) is 6.92 Å². The van der Waals surface area contributed by atoms with Gasteiger partial charge in [-0.15, -0.1) is 0 Å². The minimum Gasteiger partial charge on any atom is -0.311 e. The van der Waals surface area contributed by atoms with Crippen molar-refractivity contribution in [1.29, 1.82) is 0 Å². The summed E-state index contributed by atoms with van der Waals surface area (Å²) in [7, 11) is 0. The Kier molecular flexibility index (Phi) is 2.79. The Morgan fingerprint density at radius 1 is 1.62 bits per heavy atom. The van der Waals surface area contributed by atoms with E-state index < -0.39 is 0 Å². The standard InChI is InChI=1S/C8H12N4O/c1-5(2)11-12-7-4-8(13)10-6(3)9-7/h4H,1-3H3,(H2,9,10,12,13). The molecule has 0 aliphatic rings. The van der Waals surface area contributed by atoms with E-state index in [0.29, 0.717) is 11.6 Å². The van der Waals surface area contributed by atoms with Gasteiger partial charge < -0.3 is 4.98 Å². The van der Waals surface area contributed by atoms with E-state index in [9.17, 15) is 4.79 Å². The minimum atomic E-state index is -0.182. The van der Waals surface area contributed by atoms with Crippen molar-refractivity contribution in [3.05, 3.63) is 22.2 Å². The summed E-state index contributed by atoms with van der Waals surface area (Å²) in [5.74, 6) is 1.03. The third-order valence-corrected chi connectivity index (χ3v) is 1.25. The first-order valence-electron chi connectivity index (χ1n) is 3.93. The fourth-order valence-corrected chi connectivity index (χ4v) is 0.806. The molecule has 0 saturated carbocycles. The van der Waals surface area contributed by atoms with E-state index >= 15 is 0 Å². The van der Waals surface area contributed by atoms with Crippen molar-refractivity contribution in [3.8, 4) is 0 Å². The lowest BCUT2D eigenvalue weighted by Crippen LogP contribution is -2.10. The number of anilines is 1. The van der Waals surface area contributed by atoms with Crippen molar-refractivity contribution in [2.24, 2.45) is 5.10 Å². The molecule has 0 amide bonds. The van der Waals surface area contributed by atoms with E-state index in [1.165, 1.54) is 6.07 Å². The van der Waals surface area contributed by atoms with Gasteiger partial charge in [0.25, 0.3) is 5.56 Å². The van der Waals surface area contributed by atoms with Gasteiger partial charge in [0, 0.05) is 11.8 Å². The molecular weight excluding hydrogens is 168 g/mol. The van der Waals surface area contributed by atoms with Gasteiger partial charge in [-0.05, 0) is 20.8 Å². The molecule has 1 aromatic rings. The Morgan fingerprint density at radius 2 is 2.31 bits per heavy atom. The van der Waals surface area contributed by atoms with Crippen molar-refractivity contribution >= 4 is 11.5 Å². The maximum atomic E-state index is 11.0. The Bertz CT molecular complexity index is 376. The summed E-state index contributed by atoms with van der Waals surface area (Å²) in [4.78, 5) is 17.5. The molecule has 1 heterocycles. The normalized spacial score (nSPS) is 9.46. The molecule has 2 N–H and O–H groups in total. The number of rotatable bonds is 2. The smallest absolute Gasteiger partial charge is 0.253 e. The van der Waals surface area contributed by atoms with Crippen LogP contribution >= 0.6 is 0 Å². The number of aromatic amines is 1. The fraction of sp³-hybridized carbons (Fsp3) is 0.375. The first kappa shape index (κ1) is 9.44.